The van der Waals surface area contributed by atoms with E-state index in [4.69, 9.17) is 24.9 Å². The SMILES string of the molecule is CCc1c2c(nc3ccc(OC(=O)N(C)CCN(C)C(=O)OCc4ccc(NC(=O)[C@H](CCCNC(N)=O)CC(=O)[C@@H](C)C(C)C)cc4)cc13)-c1cc3c(c(=O)n1C2)COC(=O)[C@]3(O)CC. The number of benzene rings is 2. The predicted octanol–water partition coefficient (Wildman–Crippen LogP) is 5.60. The van der Waals surface area contributed by atoms with E-state index < -0.39 is 35.7 Å². The van der Waals surface area contributed by atoms with Crippen molar-refractivity contribution in [2.45, 2.75) is 92.1 Å². The summed E-state index contributed by atoms with van der Waals surface area (Å²) >= 11 is 0. The molecule has 4 heterocycles. The summed E-state index contributed by atoms with van der Waals surface area (Å²) in [5.74, 6) is -1.50. The van der Waals surface area contributed by atoms with Crippen molar-refractivity contribution in [3.63, 3.8) is 0 Å². The number of aliphatic hydroxyl groups is 1. The lowest BCUT2D eigenvalue weighted by atomic mass is 9.86. The van der Waals surface area contributed by atoms with E-state index in [2.05, 4.69) is 10.6 Å². The highest BCUT2D eigenvalue weighted by Crippen LogP contribution is 2.41. The van der Waals surface area contributed by atoms with Crippen molar-refractivity contribution in [3.8, 4) is 17.1 Å². The highest BCUT2D eigenvalue weighted by atomic mass is 16.6. The maximum atomic E-state index is 13.7. The molecule has 2 aliphatic rings. The number of ketones is 1. The Labute approximate surface area is 382 Å². The minimum absolute atomic E-state index is 0.00458. The minimum atomic E-state index is -1.93. The van der Waals surface area contributed by atoms with Gasteiger partial charge in [-0.15, -0.1) is 0 Å². The average molecular weight is 910 g/mol. The lowest BCUT2D eigenvalue weighted by molar-refractivity contribution is -0.172. The van der Waals surface area contributed by atoms with Crippen LogP contribution in [-0.4, -0.2) is 94.1 Å². The summed E-state index contributed by atoms with van der Waals surface area (Å²) in [6.45, 7) is 9.94. The number of ether oxygens (including phenoxy) is 3. The number of cyclic esters (lactones) is 1. The third-order valence-corrected chi connectivity index (χ3v) is 12.7. The number of esters is 1. The molecule has 0 saturated carbocycles. The molecule has 0 fully saturated rings. The van der Waals surface area contributed by atoms with Crippen LogP contribution < -0.4 is 26.7 Å². The van der Waals surface area contributed by atoms with Gasteiger partial charge in [-0.05, 0) is 79.1 Å². The van der Waals surface area contributed by atoms with Crippen LogP contribution in [0.3, 0.4) is 0 Å². The van der Waals surface area contributed by atoms with Gasteiger partial charge in [0.2, 0.25) is 5.91 Å². The van der Waals surface area contributed by atoms with Crippen molar-refractivity contribution in [1.29, 1.82) is 0 Å². The van der Waals surface area contributed by atoms with Crippen molar-refractivity contribution in [2.24, 2.45) is 23.5 Å². The Kier molecular flexibility index (Phi) is 15.2. The smallest absolute Gasteiger partial charge is 0.415 e. The van der Waals surface area contributed by atoms with Crippen LogP contribution in [0.25, 0.3) is 22.3 Å². The quantitative estimate of drug-likeness (QED) is 0.0621. The maximum absolute atomic E-state index is 13.7. The van der Waals surface area contributed by atoms with Crippen LogP contribution in [0.1, 0.15) is 88.1 Å². The third kappa shape index (κ3) is 10.5. The van der Waals surface area contributed by atoms with E-state index in [1.165, 1.54) is 9.80 Å². The number of nitrogens with zero attached hydrogens (tertiary/aromatic N) is 4. The number of anilines is 1. The molecule has 0 radical (unpaired) electrons. The Balaban J connectivity index is 1.01. The number of hydrogen-bond acceptors (Lipinski definition) is 12. The van der Waals surface area contributed by atoms with Crippen LogP contribution in [0, 0.1) is 17.8 Å². The number of Topliss-reactive ketones (excluding diaryl/α,β-unsaturated/α-hetero) is 1. The first-order valence-corrected chi connectivity index (χ1v) is 22.3. The summed E-state index contributed by atoms with van der Waals surface area (Å²) in [6, 6.07) is 12.9. The van der Waals surface area contributed by atoms with Crippen molar-refractivity contribution in [2.75, 3.05) is 39.0 Å². The molecule has 0 bridgehead atoms. The molecule has 6 rings (SSSR count). The summed E-state index contributed by atoms with van der Waals surface area (Å²) in [7, 11) is 3.10. The van der Waals surface area contributed by atoms with Crippen LogP contribution in [0.2, 0.25) is 0 Å². The van der Waals surface area contributed by atoms with Crippen LogP contribution in [-0.2, 0) is 55.6 Å². The molecule has 5 amide bonds. The van der Waals surface area contributed by atoms with Crippen molar-refractivity contribution >= 4 is 52.5 Å². The van der Waals surface area contributed by atoms with Gasteiger partial charge in [0.15, 0.2) is 5.60 Å². The zero-order valence-corrected chi connectivity index (χ0v) is 38.5. The number of carbonyl (C=O) groups is 6. The summed E-state index contributed by atoms with van der Waals surface area (Å²) < 4.78 is 18.0. The van der Waals surface area contributed by atoms with Crippen LogP contribution in [0.4, 0.5) is 20.1 Å². The summed E-state index contributed by atoms with van der Waals surface area (Å²) in [5, 5.41) is 17.4. The van der Waals surface area contributed by atoms with Gasteiger partial charge in [0.25, 0.3) is 5.56 Å². The summed E-state index contributed by atoms with van der Waals surface area (Å²) in [5.41, 5.74) is 7.97. The second kappa shape index (κ2) is 20.6. The molecule has 2 aliphatic heterocycles. The molecule has 2 aromatic heterocycles. The van der Waals surface area contributed by atoms with Gasteiger partial charge in [-0.1, -0.05) is 46.8 Å². The van der Waals surface area contributed by atoms with Crippen LogP contribution in [0.5, 0.6) is 5.75 Å². The van der Waals surface area contributed by atoms with Gasteiger partial charge in [0, 0.05) is 74.2 Å². The molecular formula is C48H59N7O11. The molecule has 18 heteroatoms. The first-order valence-electron chi connectivity index (χ1n) is 22.3. The van der Waals surface area contributed by atoms with E-state index in [0.717, 1.165) is 16.5 Å². The molecule has 0 saturated heterocycles. The van der Waals surface area contributed by atoms with E-state index in [-0.39, 0.29) is 98.2 Å². The fourth-order valence-electron chi connectivity index (χ4n) is 8.14. The Morgan fingerprint density at radius 2 is 1.67 bits per heavy atom. The fraction of sp³-hybridized carbons (Fsp3) is 0.458. The molecule has 0 aliphatic carbocycles. The second-order valence-electron chi connectivity index (χ2n) is 17.3. The Hall–Kier alpha value is -6.82. The topological polar surface area (TPSA) is 242 Å². The Morgan fingerprint density at radius 3 is 2.32 bits per heavy atom. The number of nitrogens with two attached hydrogens (primary N) is 1. The van der Waals surface area contributed by atoms with Gasteiger partial charge < -0.3 is 50.1 Å². The molecule has 0 unspecified atom stereocenters. The number of aryl methyl sites for hydroxylation is 1. The molecule has 352 valence electrons. The number of amides is 5. The highest BCUT2D eigenvalue weighted by Gasteiger charge is 2.45. The molecule has 66 heavy (non-hydrogen) atoms. The number of urea groups is 1. The number of rotatable bonds is 18. The Bertz CT molecular complexity index is 2590. The number of aromatic nitrogens is 2. The van der Waals surface area contributed by atoms with Crippen molar-refractivity contribution < 1.29 is 48.1 Å². The fourth-order valence-corrected chi connectivity index (χ4v) is 8.14. The summed E-state index contributed by atoms with van der Waals surface area (Å²) in [4.78, 5) is 97.2. The molecule has 3 atom stereocenters. The number of pyridine rings is 2. The molecule has 2 aromatic carbocycles. The van der Waals surface area contributed by atoms with E-state index in [0.29, 0.717) is 47.4 Å². The zero-order valence-electron chi connectivity index (χ0n) is 38.5. The maximum Gasteiger partial charge on any atom is 0.415 e. The molecule has 18 nitrogen and oxygen atoms in total. The molecule has 0 spiro atoms. The number of hydrogen-bond donors (Lipinski definition) is 4. The number of carbonyl (C=O) groups excluding carboxylic acids is 6. The first-order chi connectivity index (χ1) is 31.4. The zero-order chi connectivity index (χ0) is 48.0. The van der Waals surface area contributed by atoms with Gasteiger partial charge >= 0.3 is 24.2 Å². The summed E-state index contributed by atoms with van der Waals surface area (Å²) in [6.07, 6.45) is 0.283. The van der Waals surface area contributed by atoms with Crippen molar-refractivity contribution in [3.05, 3.63) is 86.7 Å². The largest absolute Gasteiger partial charge is 0.458 e. The number of fused-ring (bicyclic) bond motifs is 5. The van der Waals surface area contributed by atoms with Gasteiger partial charge in [-0.25, -0.2) is 24.2 Å². The molecular weight excluding hydrogens is 851 g/mol. The van der Waals surface area contributed by atoms with Crippen LogP contribution in [0.15, 0.2) is 53.3 Å². The second-order valence-corrected chi connectivity index (χ2v) is 17.3. The predicted molar refractivity (Wildman–Crippen MR) is 244 cm³/mol. The Morgan fingerprint density at radius 1 is 0.970 bits per heavy atom. The van der Waals surface area contributed by atoms with E-state index in [9.17, 15) is 38.7 Å². The molecule has 4 aromatic rings. The molecule has 5 N–H and O–H groups in total. The minimum Gasteiger partial charge on any atom is -0.458 e. The number of likely N-dealkylation sites (N-methyl/N-ethyl adjacent to an activating group) is 2. The lowest BCUT2D eigenvalue weighted by Crippen LogP contribution is -2.44. The number of nitrogens with one attached hydrogen (secondary N) is 2. The van der Waals surface area contributed by atoms with Gasteiger partial charge in [-0.3, -0.25) is 14.4 Å². The van der Waals surface area contributed by atoms with Gasteiger partial charge in [-0.2, -0.15) is 0 Å². The normalized spacial score (nSPS) is 15.7. The highest BCUT2D eigenvalue weighted by molar-refractivity contribution is 5.96. The number of primary amides is 1. The third-order valence-electron chi connectivity index (χ3n) is 12.7. The van der Waals surface area contributed by atoms with E-state index in [1.54, 1.807) is 74.1 Å². The van der Waals surface area contributed by atoms with Gasteiger partial charge in [0.1, 0.15) is 24.7 Å². The van der Waals surface area contributed by atoms with Gasteiger partial charge in [0.05, 0.1) is 29.0 Å². The standard InChI is InChI=1S/C48H59N7O11/c1-8-33-34-22-32(16-17-38(34)52-41-35(33)24-55-39(41)23-37-36(43(55)58)26-64-44(59)48(37,63)9-2)66-47(62)54(7)20-19-53(6)46(61)65-25-29-12-14-31(15-13-29)51-42(57)30(11-10-18-50-45(49)60)21-40(56)28(5)27(3)4/h12-17,22-23,27-28,30,63H,8-11,18-21,24-26H2,1-7H3,(H,51,57)(H3,49,50,60)/t28-,30+,48-/m0/s1. The first kappa shape index (κ1) is 48.6. The van der Waals surface area contributed by atoms with E-state index >= 15 is 0 Å². The van der Waals surface area contributed by atoms with Crippen LogP contribution >= 0.6 is 0 Å². The lowest BCUT2D eigenvalue weighted by Gasteiger charge is -2.31. The van der Waals surface area contributed by atoms with E-state index in [1.807, 2.05) is 27.7 Å². The monoisotopic (exact) mass is 909 g/mol. The van der Waals surface area contributed by atoms with Crippen molar-refractivity contribution in [1.82, 2.24) is 24.7 Å². The average Bonchev–Trinajstić information content (AvgIpc) is 3.66.